The average Bonchev–Trinajstić information content (AvgIpc) is 3.17. The molecule has 0 saturated carbocycles. The number of thioether (sulfide) groups is 1. The summed E-state index contributed by atoms with van der Waals surface area (Å²) in [5.74, 6) is 3.00. The van der Waals surface area contributed by atoms with E-state index < -0.39 is 0 Å². The molecule has 0 spiro atoms. The topological polar surface area (TPSA) is 85.8 Å². The fourth-order valence-electron chi connectivity index (χ4n) is 3.60. The molecule has 8 nitrogen and oxygen atoms in total. The van der Waals surface area contributed by atoms with E-state index in [1.165, 1.54) is 7.11 Å². The molecule has 0 amide bonds. The van der Waals surface area contributed by atoms with Crippen molar-refractivity contribution in [3.63, 3.8) is 0 Å². The highest BCUT2D eigenvalue weighted by molar-refractivity contribution is 7.99. The molecule has 1 fully saturated rings. The van der Waals surface area contributed by atoms with Gasteiger partial charge in [0.2, 0.25) is 5.95 Å². The maximum Gasteiger partial charge on any atom is 0.308 e. The third-order valence-corrected chi connectivity index (χ3v) is 6.24. The first kappa shape index (κ1) is 23.1. The number of methoxy groups -OCH3 is 1. The molecule has 30 heavy (non-hydrogen) atoms. The second-order valence-corrected chi connectivity index (χ2v) is 9.33. The van der Waals surface area contributed by atoms with E-state index in [-0.39, 0.29) is 24.6 Å². The minimum absolute atomic E-state index is 0.0104. The zero-order chi connectivity index (χ0) is 21.5. The van der Waals surface area contributed by atoms with Gasteiger partial charge in [-0.2, -0.15) is 4.98 Å². The lowest BCUT2D eigenvalue weighted by Crippen LogP contribution is -2.48. The zero-order valence-corrected chi connectivity index (χ0v) is 19.3. The van der Waals surface area contributed by atoms with Crippen LogP contribution in [0.4, 0.5) is 11.8 Å². The fourth-order valence-corrected chi connectivity index (χ4v) is 4.72. The Hall–Kier alpha value is -1.58. The van der Waals surface area contributed by atoms with Crippen molar-refractivity contribution in [1.29, 1.82) is 0 Å². The van der Waals surface area contributed by atoms with Crippen LogP contribution < -0.4 is 10.2 Å². The van der Waals surface area contributed by atoms with Gasteiger partial charge in [0.15, 0.2) is 0 Å². The number of rotatable bonds is 10. The van der Waals surface area contributed by atoms with Gasteiger partial charge in [0, 0.05) is 38.4 Å². The van der Waals surface area contributed by atoms with Crippen LogP contribution >= 0.6 is 11.8 Å². The third-order valence-electron chi connectivity index (χ3n) is 5.12. The van der Waals surface area contributed by atoms with E-state index in [2.05, 4.69) is 24.1 Å². The summed E-state index contributed by atoms with van der Waals surface area (Å²) in [7, 11) is 1.41. The van der Waals surface area contributed by atoms with Crippen molar-refractivity contribution in [3.8, 4) is 0 Å². The Morgan fingerprint density at radius 2 is 2.17 bits per heavy atom. The first-order chi connectivity index (χ1) is 14.5. The van der Waals surface area contributed by atoms with E-state index in [1.54, 1.807) is 11.8 Å². The third kappa shape index (κ3) is 6.46. The molecule has 2 atom stereocenters. The van der Waals surface area contributed by atoms with Crippen LogP contribution in [0.2, 0.25) is 0 Å². The van der Waals surface area contributed by atoms with Gasteiger partial charge in [-0.1, -0.05) is 13.8 Å². The first-order valence-electron chi connectivity index (χ1n) is 10.8. The van der Waals surface area contributed by atoms with Gasteiger partial charge >= 0.3 is 5.97 Å². The molecule has 3 heterocycles. The van der Waals surface area contributed by atoms with E-state index >= 15 is 0 Å². The highest BCUT2D eigenvalue weighted by atomic mass is 32.2. The quantitative estimate of drug-likeness (QED) is 0.438. The molecule has 0 radical (unpaired) electrons. The van der Waals surface area contributed by atoms with E-state index in [4.69, 9.17) is 24.2 Å². The van der Waals surface area contributed by atoms with Crippen LogP contribution in [0, 0.1) is 5.92 Å². The fraction of sp³-hybridized carbons (Fsp3) is 0.762. The van der Waals surface area contributed by atoms with Gasteiger partial charge in [0.25, 0.3) is 0 Å². The molecule has 1 saturated heterocycles. The van der Waals surface area contributed by atoms with Crippen molar-refractivity contribution in [2.75, 3.05) is 55.9 Å². The number of carbonyl (C=O) groups excluding carboxylic acids is 1. The maximum atomic E-state index is 11.7. The van der Waals surface area contributed by atoms with Crippen molar-refractivity contribution < 1.29 is 19.0 Å². The van der Waals surface area contributed by atoms with Crippen LogP contribution in [-0.2, 0) is 25.4 Å². The average molecular weight is 439 g/mol. The summed E-state index contributed by atoms with van der Waals surface area (Å²) >= 11 is 1.80. The number of aryl methyl sites for hydroxylation is 1. The molecular weight excluding hydrogens is 404 g/mol. The standard InChI is InChI=1S/C21H34N4O4S/c1-14(2)5-8-28-9-7-22-21-23-17-6-10-30-19(17)20(24-21)25-12-15(3)29-16(13-25)11-18(26)27-4/h14-16H,5-13H2,1-4H3,(H,22,23,24). The number of ether oxygens (including phenoxy) is 3. The Labute approximate surface area is 183 Å². The summed E-state index contributed by atoms with van der Waals surface area (Å²) in [5, 5.41) is 3.32. The lowest BCUT2D eigenvalue weighted by Gasteiger charge is -2.37. The molecular formula is C21H34N4O4S. The van der Waals surface area contributed by atoms with Crippen molar-refractivity contribution in [3.05, 3.63) is 5.69 Å². The normalized spacial score (nSPS) is 21.0. The minimum Gasteiger partial charge on any atom is -0.469 e. The number of morpholine rings is 1. The number of nitrogens with zero attached hydrogens (tertiary/aromatic N) is 3. The van der Waals surface area contributed by atoms with Gasteiger partial charge in [-0.15, -0.1) is 11.8 Å². The molecule has 1 aromatic rings. The highest BCUT2D eigenvalue weighted by Crippen LogP contribution is 2.38. The van der Waals surface area contributed by atoms with Crippen molar-refractivity contribution in [1.82, 2.24) is 9.97 Å². The van der Waals surface area contributed by atoms with E-state index in [9.17, 15) is 4.79 Å². The molecule has 2 aliphatic heterocycles. The number of nitrogens with one attached hydrogen (secondary N) is 1. The van der Waals surface area contributed by atoms with Gasteiger partial charge in [0.1, 0.15) is 5.82 Å². The smallest absolute Gasteiger partial charge is 0.308 e. The SMILES string of the molecule is COC(=O)CC1CN(c2nc(NCCOCCC(C)C)nc3c2SCC3)CC(C)O1. The molecule has 1 aromatic heterocycles. The molecule has 2 aliphatic rings. The highest BCUT2D eigenvalue weighted by Gasteiger charge is 2.31. The van der Waals surface area contributed by atoms with Crippen molar-refractivity contribution in [2.24, 2.45) is 5.92 Å². The van der Waals surface area contributed by atoms with Gasteiger partial charge in [-0.05, 0) is 19.3 Å². The van der Waals surface area contributed by atoms with Gasteiger partial charge in [-0.25, -0.2) is 4.98 Å². The minimum atomic E-state index is -0.254. The van der Waals surface area contributed by atoms with Crippen LogP contribution in [-0.4, -0.2) is 73.9 Å². The summed E-state index contributed by atoms with van der Waals surface area (Å²) in [4.78, 5) is 24.7. The van der Waals surface area contributed by atoms with Gasteiger partial charge in [0.05, 0.1) is 42.9 Å². The summed E-state index contributed by atoms with van der Waals surface area (Å²) < 4.78 is 16.5. The van der Waals surface area contributed by atoms with Crippen LogP contribution in [0.3, 0.4) is 0 Å². The molecule has 0 aromatic carbocycles. The maximum absolute atomic E-state index is 11.7. The molecule has 3 rings (SSSR count). The Kier molecular flexibility index (Phi) is 8.59. The lowest BCUT2D eigenvalue weighted by molar-refractivity contribution is -0.145. The monoisotopic (exact) mass is 438 g/mol. The molecule has 2 unspecified atom stereocenters. The number of hydrogen-bond donors (Lipinski definition) is 1. The second kappa shape index (κ2) is 11.2. The number of fused-ring (bicyclic) bond motifs is 1. The van der Waals surface area contributed by atoms with Crippen molar-refractivity contribution in [2.45, 2.75) is 57.1 Å². The van der Waals surface area contributed by atoms with E-state index in [1.807, 2.05) is 6.92 Å². The Morgan fingerprint density at radius 3 is 2.93 bits per heavy atom. The zero-order valence-electron chi connectivity index (χ0n) is 18.5. The first-order valence-corrected chi connectivity index (χ1v) is 11.8. The van der Waals surface area contributed by atoms with Crippen LogP contribution in [0.1, 0.15) is 39.3 Å². The summed E-state index contributed by atoms with van der Waals surface area (Å²) in [6.07, 6.45) is 2.07. The number of anilines is 2. The lowest BCUT2D eigenvalue weighted by atomic mass is 10.1. The Balaban J connectivity index is 1.65. The largest absolute Gasteiger partial charge is 0.469 e. The predicted octanol–water partition coefficient (Wildman–Crippen LogP) is 2.76. The van der Waals surface area contributed by atoms with Gasteiger partial charge < -0.3 is 24.4 Å². The van der Waals surface area contributed by atoms with Crippen LogP contribution in [0.15, 0.2) is 4.90 Å². The number of hydrogen-bond acceptors (Lipinski definition) is 9. The summed E-state index contributed by atoms with van der Waals surface area (Å²) in [5.41, 5.74) is 1.09. The molecule has 9 heteroatoms. The number of aromatic nitrogens is 2. The van der Waals surface area contributed by atoms with Crippen LogP contribution in [0.5, 0.6) is 0 Å². The summed E-state index contributed by atoms with van der Waals surface area (Å²) in [6.45, 7) is 9.85. The van der Waals surface area contributed by atoms with Crippen molar-refractivity contribution >= 4 is 29.5 Å². The second-order valence-electron chi connectivity index (χ2n) is 8.22. The van der Waals surface area contributed by atoms with E-state index in [0.717, 1.165) is 48.2 Å². The molecule has 0 bridgehead atoms. The Bertz CT molecular complexity index is 718. The van der Waals surface area contributed by atoms with Gasteiger partial charge in [-0.3, -0.25) is 4.79 Å². The number of esters is 1. The number of carbonyl (C=O) groups is 1. The molecule has 0 aliphatic carbocycles. The summed E-state index contributed by atoms with van der Waals surface area (Å²) in [6, 6.07) is 0. The van der Waals surface area contributed by atoms with Crippen LogP contribution in [0.25, 0.3) is 0 Å². The Morgan fingerprint density at radius 1 is 1.33 bits per heavy atom. The van der Waals surface area contributed by atoms with E-state index in [0.29, 0.717) is 31.6 Å². The predicted molar refractivity (Wildman–Crippen MR) is 118 cm³/mol. The molecule has 1 N–H and O–H groups in total. The molecule has 168 valence electrons.